The van der Waals surface area contributed by atoms with Gasteiger partial charge in [-0.3, -0.25) is 0 Å². The van der Waals surface area contributed by atoms with Crippen molar-refractivity contribution in [2.75, 3.05) is 5.32 Å². The van der Waals surface area contributed by atoms with Gasteiger partial charge in [0.1, 0.15) is 0 Å². The van der Waals surface area contributed by atoms with Gasteiger partial charge < -0.3 is 5.32 Å². The zero-order valence-electron chi connectivity index (χ0n) is 12.3. The Bertz CT molecular complexity index is 530. The summed E-state index contributed by atoms with van der Waals surface area (Å²) in [5, 5.41) is 7.95. The number of anilines is 1. The fourth-order valence-electron chi connectivity index (χ4n) is 3.08. The molecule has 1 aromatic carbocycles. The summed E-state index contributed by atoms with van der Waals surface area (Å²) >= 11 is 0. The average Bonchev–Trinajstić information content (AvgIpc) is 2.98. The lowest BCUT2D eigenvalue weighted by atomic mass is 9.80. The third kappa shape index (κ3) is 2.87. The van der Waals surface area contributed by atoms with Crippen LogP contribution in [0.15, 0.2) is 42.7 Å². The zero-order valence-corrected chi connectivity index (χ0v) is 12.3. The molecule has 1 fully saturated rings. The Labute approximate surface area is 121 Å². The lowest BCUT2D eigenvalue weighted by Gasteiger charge is -2.34. The predicted molar refractivity (Wildman–Crippen MR) is 83.2 cm³/mol. The lowest BCUT2D eigenvalue weighted by molar-refractivity contribution is 0.281. The van der Waals surface area contributed by atoms with Gasteiger partial charge in [0.25, 0.3) is 0 Å². The Balaban J connectivity index is 1.69. The minimum Gasteiger partial charge on any atom is -0.382 e. The molecule has 0 spiro atoms. The Hall–Kier alpha value is -1.77. The number of aromatic nitrogens is 2. The fourth-order valence-corrected chi connectivity index (χ4v) is 3.08. The molecule has 2 aromatic rings. The summed E-state index contributed by atoms with van der Waals surface area (Å²) in [5.41, 5.74) is 2.32. The van der Waals surface area contributed by atoms with Crippen molar-refractivity contribution in [2.45, 2.75) is 39.2 Å². The van der Waals surface area contributed by atoms with Crippen LogP contribution in [0.2, 0.25) is 0 Å². The molecule has 3 unspecified atom stereocenters. The number of hydrogen-bond donors (Lipinski definition) is 1. The topological polar surface area (TPSA) is 29.9 Å². The third-order valence-electron chi connectivity index (χ3n) is 4.45. The highest BCUT2D eigenvalue weighted by Crippen LogP contribution is 2.30. The standard InChI is InChI=1S/C17H23N3/c1-13-4-5-14(2)17(12-13)19-15-6-8-16(9-7-15)20-11-3-10-18-20/h3,6-11,13-14,17,19H,4-5,12H2,1-2H3. The first-order valence-electron chi connectivity index (χ1n) is 7.59. The van der Waals surface area contributed by atoms with Crippen LogP contribution in [0.4, 0.5) is 5.69 Å². The summed E-state index contributed by atoms with van der Waals surface area (Å²) in [6.45, 7) is 4.73. The summed E-state index contributed by atoms with van der Waals surface area (Å²) in [6, 6.07) is 11.1. The van der Waals surface area contributed by atoms with E-state index in [0.29, 0.717) is 6.04 Å². The number of benzene rings is 1. The Kier molecular flexibility index (Phi) is 3.77. The first kappa shape index (κ1) is 13.2. The molecule has 1 aliphatic carbocycles. The van der Waals surface area contributed by atoms with E-state index in [1.165, 1.54) is 24.9 Å². The summed E-state index contributed by atoms with van der Waals surface area (Å²) in [7, 11) is 0. The summed E-state index contributed by atoms with van der Waals surface area (Å²) in [5.74, 6) is 1.60. The van der Waals surface area contributed by atoms with E-state index in [2.05, 4.69) is 48.5 Å². The van der Waals surface area contributed by atoms with Crippen molar-refractivity contribution in [2.24, 2.45) is 11.8 Å². The number of rotatable bonds is 3. The summed E-state index contributed by atoms with van der Waals surface area (Å²) < 4.78 is 1.88. The molecule has 0 saturated heterocycles. The van der Waals surface area contributed by atoms with Crippen LogP contribution in [0.5, 0.6) is 0 Å². The van der Waals surface area contributed by atoms with Crippen LogP contribution in [0, 0.1) is 11.8 Å². The summed E-state index contributed by atoms with van der Waals surface area (Å²) in [6.07, 6.45) is 7.76. The molecule has 1 aliphatic rings. The van der Waals surface area contributed by atoms with Crippen molar-refractivity contribution >= 4 is 5.69 Å². The maximum absolute atomic E-state index is 4.25. The molecule has 0 bridgehead atoms. The molecule has 1 N–H and O–H groups in total. The molecular formula is C17H23N3. The smallest absolute Gasteiger partial charge is 0.0647 e. The van der Waals surface area contributed by atoms with Gasteiger partial charge >= 0.3 is 0 Å². The van der Waals surface area contributed by atoms with Crippen molar-refractivity contribution in [1.82, 2.24) is 9.78 Å². The second kappa shape index (κ2) is 5.70. The molecular weight excluding hydrogens is 246 g/mol. The second-order valence-corrected chi connectivity index (χ2v) is 6.14. The molecule has 1 aromatic heterocycles. The lowest BCUT2D eigenvalue weighted by Crippen LogP contribution is -2.33. The second-order valence-electron chi connectivity index (χ2n) is 6.14. The van der Waals surface area contributed by atoms with Crippen LogP contribution >= 0.6 is 0 Å². The Morgan fingerprint density at radius 1 is 1.15 bits per heavy atom. The molecule has 106 valence electrons. The first-order valence-corrected chi connectivity index (χ1v) is 7.59. The molecule has 3 heteroatoms. The Morgan fingerprint density at radius 2 is 1.95 bits per heavy atom. The largest absolute Gasteiger partial charge is 0.382 e. The van der Waals surface area contributed by atoms with Crippen molar-refractivity contribution in [1.29, 1.82) is 0 Å². The van der Waals surface area contributed by atoms with Gasteiger partial charge in [-0.25, -0.2) is 4.68 Å². The normalized spacial score (nSPS) is 26.4. The van der Waals surface area contributed by atoms with Crippen LogP contribution in [0.25, 0.3) is 5.69 Å². The molecule has 0 radical (unpaired) electrons. The van der Waals surface area contributed by atoms with E-state index in [4.69, 9.17) is 0 Å². The molecule has 0 amide bonds. The third-order valence-corrected chi connectivity index (χ3v) is 4.45. The van der Waals surface area contributed by atoms with Crippen LogP contribution in [0.1, 0.15) is 33.1 Å². The maximum atomic E-state index is 4.25. The molecule has 1 heterocycles. The van der Waals surface area contributed by atoms with E-state index in [0.717, 1.165) is 17.5 Å². The van der Waals surface area contributed by atoms with Gasteiger partial charge in [-0.1, -0.05) is 20.3 Å². The molecule has 20 heavy (non-hydrogen) atoms. The SMILES string of the molecule is CC1CCC(C)C(Nc2ccc(-n3cccn3)cc2)C1. The molecule has 3 rings (SSSR count). The van der Waals surface area contributed by atoms with Crippen LogP contribution < -0.4 is 5.32 Å². The van der Waals surface area contributed by atoms with E-state index >= 15 is 0 Å². The molecule has 3 nitrogen and oxygen atoms in total. The van der Waals surface area contributed by atoms with Crippen LogP contribution in [0.3, 0.4) is 0 Å². The van der Waals surface area contributed by atoms with Gasteiger partial charge in [-0.05, 0) is 55.0 Å². The number of nitrogens with one attached hydrogen (secondary N) is 1. The summed E-state index contributed by atoms with van der Waals surface area (Å²) in [4.78, 5) is 0. The average molecular weight is 269 g/mol. The monoisotopic (exact) mass is 269 g/mol. The quantitative estimate of drug-likeness (QED) is 0.908. The molecule has 3 atom stereocenters. The molecule has 1 saturated carbocycles. The van der Waals surface area contributed by atoms with Gasteiger partial charge in [0.05, 0.1) is 5.69 Å². The highest BCUT2D eigenvalue weighted by molar-refractivity contribution is 5.49. The van der Waals surface area contributed by atoms with Crippen LogP contribution in [-0.4, -0.2) is 15.8 Å². The van der Waals surface area contributed by atoms with Gasteiger partial charge in [0.2, 0.25) is 0 Å². The van der Waals surface area contributed by atoms with E-state index in [1.807, 2.05) is 16.9 Å². The van der Waals surface area contributed by atoms with Crippen molar-refractivity contribution in [3.8, 4) is 5.69 Å². The highest BCUT2D eigenvalue weighted by atomic mass is 15.3. The number of nitrogens with zero attached hydrogens (tertiary/aromatic N) is 2. The van der Waals surface area contributed by atoms with Crippen LogP contribution in [-0.2, 0) is 0 Å². The highest BCUT2D eigenvalue weighted by Gasteiger charge is 2.25. The zero-order chi connectivity index (χ0) is 13.9. The van der Waals surface area contributed by atoms with Crippen molar-refractivity contribution in [3.63, 3.8) is 0 Å². The van der Waals surface area contributed by atoms with Gasteiger partial charge in [-0.15, -0.1) is 0 Å². The first-order chi connectivity index (χ1) is 9.72. The minimum absolute atomic E-state index is 0.606. The van der Waals surface area contributed by atoms with E-state index in [-0.39, 0.29) is 0 Å². The maximum Gasteiger partial charge on any atom is 0.0647 e. The van der Waals surface area contributed by atoms with Crippen molar-refractivity contribution in [3.05, 3.63) is 42.7 Å². The van der Waals surface area contributed by atoms with E-state index in [9.17, 15) is 0 Å². The van der Waals surface area contributed by atoms with E-state index < -0.39 is 0 Å². The van der Waals surface area contributed by atoms with Crippen molar-refractivity contribution < 1.29 is 0 Å². The predicted octanol–water partition coefficient (Wildman–Crippen LogP) is 4.11. The minimum atomic E-state index is 0.606. The fraction of sp³-hybridized carbons (Fsp3) is 0.471. The number of hydrogen-bond acceptors (Lipinski definition) is 2. The molecule has 0 aliphatic heterocycles. The van der Waals surface area contributed by atoms with Gasteiger partial charge in [-0.2, -0.15) is 5.10 Å². The Morgan fingerprint density at radius 3 is 2.65 bits per heavy atom. The van der Waals surface area contributed by atoms with E-state index in [1.54, 1.807) is 6.20 Å². The van der Waals surface area contributed by atoms with Gasteiger partial charge in [0.15, 0.2) is 0 Å². The van der Waals surface area contributed by atoms with Gasteiger partial charge in [0, 0.05) is 24.1 Å².